The average molecular weight is 373 g/mol. The number of fused-ring (bicyclic) bond motifs is 2. The first kappa shape index (κ1) is 16.3. The number of nitrogens with one attached hydrogen (secondary N) is 1. The van der Waals surface area contributed by atoms with Gasteiger partial charge in [-0.1, -0.05) is 24.3 Å². The van der Waals surface area contributed by atoms with Crippen LogP contribution in [0, 0.1) is 6.92 Å². The molecule has 5 rings (SSSR count). The Balaban J connectivity index is 1.80. The van der Waals surface area contributed by atoms with Gasteiger partial charge in [-0.15, -0.1) is 10.2 Å². The number of phenols is 1. The monoisotopic (exact) mass is 373 g/mol. The summed E-state index contributed by atoms with van der Waals surface area (Å²) in [5.74, 6) is 0.838. The quantitative estimate of drug-likeness (QED) is 0.496. The van der Waals surface area contributed by atoms with Gasteiger partial charge >= 0.3 is 0 Å². The Bertz CT molecular complexity index is 1380. The lowest BCUT2D eigenvalue weighted by atomic mass is 10.1. The van der Waals surface area contributed by atoms with E-state index in [-0.39, 0.29) is 17.1 Å². The number of rotatable bonds is 3. The predicted octanol–water partition coefficient (Wildman–Crippen LogP) is 3.93. The van der Waals surface area contributed by atoms with Crippen LogP contribution in [-0.2, 0) is 6.42 Å². The molecule has 0 atom stereocenters. The van der Waals surface area contributed by atoms with Gasteiger partial charge in [0.2, 0.25) is 11.3 Å². The lowest BCUT2D eigenvalue weighted by molar-refractivity contribution is 0.475. The Hall–Kier alpha value is -3.87. The van der Waals surface area contributed by atoms with Crippen molar-refractivity contribution in [3.8, 4) is 17.3 Å². The number of nitrogens with zero attached hydrogens (tertiary/aromatic N) is 2. The molecule has 3 aromatic heterocycles. The first-order valence-corrected chi connectivity index (χ1v) is 8.75. The van der Waals surface area contributed by atoms with Crippen LogP contribution in [0.4, 0.5) is 0 Å². The van der Waals surface area contributed by atoms with E-state index < -0.39 is 0 Å². The van der Waals surface area contributed by atoms with E-state index in [1.54, 1.807) is 37.3 Å². The van der Waals surface area contributed by atoms with E-state index in [0.717, 1.165) is 11.3 Å². The lowest BCUT2D eigenvalue weighted by Crippen LogP contribution is -2.02. The van der Waals surface area contributed by atoms with Gasteiger partial charge in [0, 0.05) is 13.3 Å². The molecule has 0 saturated carbocycles. The summed E-state index contributed by atoms with van der Waals surface area (Å²) in [5.41, 5.74) is 2.93. The second-order valence-electron chi connectivity index (χ2n) is 6.58. The summed E-state index contributed by atoms with van der Waals surface area (Å²) >= 11 is 0. The minimum absolute atomic E-state index is 0.157. The lowest BCUT2D eigenvalue weighted by Gasteiger charge is -2.02. The normalized spacial score (nSPS) is 11.5. The van der Waals surface area contributed by atoms with Crippen LogP contribution in [0.3, 0.4) is 0 Å². The van der Waals surface area contributed by atoms with Crippen molar-refractivity contribution in [2.24, 2.45) is 0 Å². The maximum atomic E-state index is 13.2. The molecular formula is C21H15N3O4. The molecule has 0 unspecified atom stereocenters. The van der Waals surface area contributed by atoms with Crippen LogP contribution >= 0.6 is 0 Å². The van der Waals surface area contributed by atoms with E-state index in [1.165, 1.54) is 0 Å². The van der Waals surface area contributed by atoms with Crippen molar-refractivity contribution >= 4 is 21.9 Å². The zero-order valence-electron chi connectivity index (χ0n) is 14.9. The number of hydrogen-bond acceptors (Lipinski definition) is 6. The van der Waals surface area contributed by atoms with Gasteiger partial charge in [-0.25, -0.2) is 0 Å². The van der Waals surface area contributed by atoms with Crippen LogP contribution < -0.4 is 5.43 Å². The highest BCUT2D eigenvalue weighted by Crippen LogP contribution is 2.31. The van der Waals surface area contributed by atoms with E-state index in [4.69, 9.17) is 8.83 Å². The third-order valence-corrected chi connectivity index (χ3v) is 4.65. The zero-order valence-corrected chi connectivity index (χ0v) is 14.9. The molecule has 28 heavy (non-hydrogen) atoms. The molecule has 138 valence electrons. The van der Waals surface area contributed by atoms with Crippen molar-refractivity contribution in [1.82, 2.24) is 15.2 Å². The van der Waals surface area contributed by atoms with Crippen LogP contribution in [0.15, 0.2) is 62.2 Å². The third kappa shape index (κ3) is 2.56. The first-order chi connectivity index (χ1) is 13.6. The number of aryl methyl sites for hydroxylation is 1. The Labute approximate surface area is 158 Å². The molecule has 2 N–H and O–H groups in total. The highest BCUT2D eigenvalue weighted by Gasteiger charge is 2.22. The molecule has 0 radical (unpaired) electrons. The molecule has 0 aliphatic rings. The summed E-state index contributed by atoms with van der Waals surface area (Å²) in [5, 5.41) is 18.3. The van der Waals surface area contributed by atoms with Crippen molar-refractivity contribution < 1.29 is 13.9 Å². The van der Waals surface area contributed by atoms with Gasteiger partial charge in [0.1, 0.15) is 17.0 Å². The number of benzene rings is 2. The second-order valence-corrected chi connectivity index (χ2v) is 6.58. The van der Waals surface area contributed by atoms with Gasteiger partial charge < -0.3 is 18.9 Å². The molecule has 0 bridgehead atoms. The molecule has 3 heterocycles. The number of para-hydroxylation sites is 1. The number of aromatic nitrogens is 3. The smallest absolute Gasteiger partial charge is 0.264 e. The highest BCUT2D eigenvalue weighted by molar-refractivity contribution is 5.98. The molecular weight excluding hydrogens is 358 g/mol. The van der Waals surface area contributed by atoms with E-state index in [9.17, 15) is 9.90 Å². The topological polar surface area (TPSA) is 105 Å². The zero-order chi connectivity index (χ0) is 19.3. The molecule has 0 spiro atoms. The van der Waals surface area contributed by atoms with Gasteiger partial charge in [0.05, 0.1) is 16.5 Å². The highest BCUT2D eigenvalue weighted by atomic mass is 16.4. The molecule has 0 fully saturated rings. The minimum Gasteiger partial charge on any atom is -0.508 e. The average Bonchev–Trinajstić information content (AvgIpc) is 3.28. The largest absolute Gasteiger partial charge is 0.508 e. The van der Waals surface area contributed by atoms with Crippen LogP contribution in [-0.4, -0.2) is 20.3 Å². The number of hydrogen-bond donors (Lipinski definition) is 2. The SMILES string of the molecule is Cc1nnc(-c2[nH]c(Cc3ccc(O)cc3)c3oc4ccccc4c(=O)c23)o1. The van der Waals surface area contributed by atoms with Crippen molar-refractivity contribution in [1.29, 1.82) is 0 Å². The number of phenolic OH excluding ortho intramolecular Hbond substituents is 1. The fraction of sp³-hybridized carbons (Fsp3) is 0.0952. The number of aromatic amines is 1. The summed E-state index contributed by atoms with van der Waals surface area (Å²) < 4.78 is 11.6. The predicted molar refractivity (Wildman–Crippen MR) is 103 cm³/mol. The molecule has 0 saturated heterocycles. The first-order valence-electron chi connectivity index (χ1n) is 8.75. The maximum absolute atomic E-state index is 13.2. The minimum atomic E-state index is -0.157. The van der Waals surface area contributed by atoms with E-state index >= 15 is 0 Å². The van der Waals surface area contributed by atoms with Crippen molar-refractivity contribution in [2.45, 2.75) is 13.3 Å². The summed E-state index contributed by atoms with van der Waals surface area (Å²) in [7, 11) is 0. The van der Waals surface area contributed by atoms with Gasteiger partial charge in [-0.3, -0.25) is 4.79 Å². The molecule has 0 amide bonds. The third-order valence-electron chi connectivity index (χ3n) is 4.65. The van der Waals surface area contributed by atoms with E-state index in [1.807, 2.05) is 18.2 Å². The molecule has 2 aromatic carbocycles. The molecule has 7 nitrogen and oxygen atoms in total. The van der Waals surface area contributed by atoms with Crippen LogP contribution in [0.5, 0.6) is 5.75 Å². The Morgan fingerprint density at radius 3 is 2.57 bits per heavy atom. The summed E-state index contributed by atoms with van der Waals surface area (Å²) in [6.07, 6.45) is 0.477. The Morgan fingerprint density at radius 1 is 1.04 bits per heavy atom. The maximum Gasteiger partial charge on any atom is 0.264 e. The van der Waals surface area contributed by atoms with Crippen LogP contribution in [0.2, 0.25) is 0 Å². The summed E-state index contributed by atoms with van der Waals surface area (Å²) in [6.45, 7) is 1.69. The van der Waals surface area contributed by atoms with E-state index in [0.29, 0.717) is 39.9 Å². The summed E-state index contributed by atoms with van der Waals surface area (Å²) in [6, 6.07) is 14.0. The standard InChI is InChI=1S/C21H15N3O4/c1-11-23-24-21(27-11)18-17-19(26)14-4-2-3-5-16(14)28-20(17)15(22-18)10-12-6-8-13(25)9-7-12/h2-9,22,25H,10H2,1H3. The molecule has 0 aliphatic heterocycles. The molecule has 7 heteroatoms. The van der Waals surface area contributed by atoms with Crippen molar-refractivity contribution in [3.63, 3.8) is 0 Å². The van der Waals surface area contributed by atoms with Gasteiger partial charge in [-0.2, -0.15) is 0 Å². The fourth-order valence-corrected chi connectivity index (χ4v) is 3.35. The number of H-pyrrole nitrogens is 1. The fourth-order valence-electron chi connectivity index (χ4n) is 3.35. The van der Waals surface area contributed by atoms with Gasteiger partial charge in [0.25, 0.3) is 5.89 Å². The summed E-state index contributed by atoms with van der Waals surface area (Å²) in [4.78, 5) is 16.4. The van der Waals surface area contributed by atoms with Gasteiger partial charge in [0.15, 0.2) is 5.58 Å². The van der Waals surface area contributed by atoms with E-state index in [2.05, 4.69) is 15.2 Å². The molecule has 5 aromatic rings. The van der Waals surface area contributed by atoms with Crippen LogP contribution in [0.25, 0.3) is 33.5 Å². The Kier molecular flexibility index (Phi) is 3.55. The van der Waals surface area contributed by atoms with Gasteiger partial charge in [-0.05, 0) is 29.8 Å². The molecule has 0 aliphatic carbocycles. The Morgan fingerprint density at radius 2 is 1.82 bits per heavy atom. The second kappa shape index (κ2) is 6.09. The van der Waals surface area contributed by atoms with Crippen molar-refractivity contribution in [3.05, 3.63) is 75.9 Å². The van der Waals surface area contributed by atoms with Crippen LogP contribution in [0.1, 0.15) is 17.1 Å². The van der Waals surface area contributed by atoms with Crippen molar-refractivity contribution in [2.75, 3.05) is 0 Å². The number of aromatic hydroxyl groups is 1.